The largest absolute Gasteiger partial charge is 0.298 e. The number of halogens is 1. The molecule has 3 rings (SSSR count). The third-order valence-corrected chi connectivity index (χ3v) is 4.56. The molecule has 4 nitrogen and oxygen atoms in total. The van der Waals surface area contributed by atoms with E-state index in [1.54, 1.807) is 29.7 Å². The quantitative estimate of drug-likeness (QED) is 0.854. The molecule has 2 aromatic heterocycles. The van der Waals surface area contributed by atoms with E-state index in [4.69, 9.17) is 0 Å². The first-order valence-corrected chi connectivity index (χ1v) is 7.75. The Hall–Kier alpha value is -1.27. The maximum Gasteiger partial charge on any atom is 0.257 e. The van der Waals surface area contributed by atoms with E-state index >= 15 is 0 Å². The van der Waals surface area contributed by atoms with Crippen LogP contribution in [0.2, 0.25) is 0 Å². The van der Waals surface area contributed by atoms with Crippen molar-refractivity contribution >= 4 is 38.3 Å². The number of aryl methyl sites for hydroxylation is 2. The molecule has 2 aromatic rings. The van der Waals surface area contributed by atoms with E-state index in [2.05, 4.69) is 31.2 Å². The molecule has 0 atom stereocenters. The van der Waals surface area contributed by atoms with E-state index in [0.29, 0.717) is 15.3 Å². The van der Waals surface area contributed by atoms with Crippen molar-refractivity contribution in [2.75, 3.05) is 5.32 Å². The molecule has 0 aliphatic heterocycles. The highest BCUT2D eigenvalue weighted by molar-refractivity contribution is 9.10. The number of anilines is 1. The topological polar surface area (TPSA) is 54.9 Å². The summed E-state index contributed by atoms with van der Waals surface area (Å²) < 4.78 is 0.651. The second-order valence-corrected chi connectivity index (χ2v) is 6.31. The summed E-state index contributed by atoms with van der Waals surface area (Å²) in [7, 11) is 0. The Morgan fingerprint density at radius 3 is 3.00 bits per heavy atom. The van der Waals surface area contributed by atoms with Crippen LogP contribution in [0, 0.1) is 0 Å². The number of carbonyl (C=O) groups is 1. The zero-order valence-electron chi connectivity index (χ0n) is 10.1. The van der Waals surface area contributed by atoms with Crippen molar-refractivity contribution in [2.24, 2.45) is 0 Å². The molecule has 0 spiro atoms. The predicted octanol–water partition coefficient (Wildman–Crippen LogP) is 3.43. The third kappa shape index (κ3) is 2.84. The summed E-state index contributed by atoms with van der Waals surface area (Å²) >= 11 is 4.85. The molecule has 1 aliphatic carbocycles. The van der Waals surface area contributed by atoms with E-state index < -0.39 is 0 Å². The van der Waals surface area contributed by atoms with Gasteiger partial charge >= 0.3 is 0 Å². The lowest BCUT2D eigenvalue weighted by Crippen LogP contribution is -2.11. The molecule has 19 heavy (non-hydrogen) atoms. The molecule has 1 N–H and O–H groups in total. The predicted molar refractivity (Wildman–Crippen MR) is 78.6 cm³/mol. The van der Waals surface area contributed by atoms with E-state index in [-0.39, 0.29) is 5.91 Å². The smallest absolute Gasteiger partial charge is 0.257 e. The van der Waals surface area contributed by atoms with Crippen molar-refractivity contribution in [2.45, 2.75) is 25.7 Å². The van der Waals surface area contributed by atoms with Gasteiger partial charge in [-0.2, -0.15) is 0 Å². The van der Waals surface area contributed by atoms with Gasteiger partial charge in [-0.25, -0.2) is 9.97 Å². The van der Waals surface area contributed by atoms with Gasteiger partial charge in [-0.3, -0.25) is 10.1 Å². The van der Waals surface area contributed by atoms with Crippen LogP contribution in [-0.4, -0.2) is 15.9 Å². The van der Waals surface area contributed by atoms with E-state index in [1.807, 2.05) is 0 Å². The fraction of sp³-hybridized carbons (Fsp3) is 0.308. The average molecular weight is 338 g/mol. The van der Waals surface area contributed by atoms with Gasteiger partial charge in [0, 0.05) is 16.6 Å². The van der Waals surface area contributed by atoms with Crippen molar-refractivity contribution in [3.8, 4) is 0 Å². The lowest BCUT2D eigenvalue weighted by atomic mass is 10.0. The summed E-state index contributed by atoms with van der Waals surface area (Å²) in [5.41, 5.74) is 1.73. The van der Waals surface area contributed by atoms with Gasteiger partial charge in [-0.15, -0.1) is 11.3 Å². The number of fused-ring (bicyclic) bond motifs is 1. The molecule has 0 unspecified atom stereocenters. The molecule has 0 bridgehead atoms. The third-order valence-electron chi connectivity index (χ3n) is 3.05. The number of aromatic nitrogens is 2. The fourth-order valence-electron chi connectivity index (χ4n) is 2.12. The maximum atomic E-state index is 12.1. The highest BCUT2D eigenvalue weighted by Crippen LogP contribution is 2.29. The van der Waals surface area contributed by atoms with Gasteiger partial charge in [-0.05, 0) is 53.7 Å². The van der Waals surface area contributed by atoms with Crippen LogP contribution in [0.4, 0.5) is 5.13 Å². The molecule has 0 fully saturated rings. The van der Waals surface area contributed by atoms with Crippen LogP contribution in [0.25, 0.3) is 0 Å². The first-order chi connectivity index (χ1) is 9.22. The van der Waals surface area contributed by atoms with Gasteiger partial charge < -0.3 is 0 Å². The van der Waals surface area contributed by atoms with Gasteiger partial charge in [0.25, 0.3) is 5.91 Å². The lowest BCUT2D eigenvalue weighted by molar-refractivity contribution is 0.102. The molecular formula is C13H12BrN3OS. The van der Waals surface area contributed by atoms with Crippen LogP contribution >= 0.6 is 27.3 Å². The highest BCUT2D eigenvalue weighted by atomic mass is 79.9. The Labute approximate surface area is 123 Å². The number of hydrogen-bond acceptors (Lipinski definition) is 4. The second-order valence-electron chi connectivity index (χ2n) is 4.42. The minimum Gasteiger partial charge on any atom is -0.298 e. The van der Waals surface area contributed by atoms with E-state index in [1.165, 1.54) is 17.7 Å². The molecule has 0 radical (unpaired) electrons. The van der Waals surface area contributed by atoms with Gasteiger partial charge in [0.05, 0.1) is 5.69 Å². The monoisotopic (exact) mass is 337 g/mol. The molecule has 0 saturated heterocycles. The van der Waals surface area contributed by atoms with Crippen LogP contribution in [0.3, 0.4) is 0 Å². The van der Waals surface area contributed by atoms with Crippen molar-refractivity contribution < 1.29 is 4.79 Å². The summed E-state index contributed by atoms with van der Waals surface area (Å²) in [5.74, 6) is -0.144. The summed E-state index contributed by atoms with van der Waals surface area (Å²) in [4.78, 5) is 21.9. The number of rotatable bonds is 2. The van der Waals surface area contributed by atoms with Gasteiger partial charge in [-0.1, -0.05) is 0 Å². The molecule has 2 heterocycles. The Bertz CT molecular complexity index is 603. The van der Waals surface area contributed by atoms with Crippen molar-refractivity contribution in [1.82, 2.24) is 9.97 Å². The van der Waals surface area contributed by atoms with Gasteiger partial charge in [0.15, 0.2) is 5.13 Å². The molecule has 1 aliphatic rings. The summed E-state index contributed by atoms with van der Waals surface area (Å²) in [5, 5.41) is 3.56. The molecule has 0 saturated carbocycles. The lowest BCUT2D eigenvalue weighted by Gasteiger charge is -2.06. The first kappa shape index (κ1) is 12.7. The highest BCUT2D eigenvalue weighted by Gasteiger charge is 2.16. The Morgan fingerprint density at radius 1 is 1.37 bits per heavy atom. The normalized spacial score (nSPS) is 13.9. The van der Waals surface area contributed by atoms with Crippen LogP contribution < -0.4 is 5.32 Å². The van der Waals surface area contributed by atoms with Crippen LogP contribution in [0.1, 0.15) is 33.8 Å². The minimum atomic E-state index is -0.144. The van der Waals surface area contributed by atoms with E-state index in [0.717, 1.165) is 18.5 Å². The van der Waals surface area contributed by atoms with Crippen LogP contribution in [-0.2, 0) is 12.8 Å². The Kier molecular flexibility index (Phi) is 3.61. The molecule has 1 amide bonds. The SMILES string of the molecule is O=C(Nc1nc2c(s1)CCCC2)c1ccnc(Br)c1. The summed E-state index contributed by atoms with van der Waals surface area (Å²) in [6.07, 6.45) is 6.14. The minimum absolute atomic E-state index is 0.144. The molecule has 0 aromatic carbocycles. The average Bonchev–Trinajstić information content (AvgIpc) is 2.80. The number of amides is 1. The number of thiazole rings is 1. The van der Waals surface area contributed by atoms with Gasteiger partial charge in [0.1, 0.15) is 4.60 Å². The second kappa shape index (κ2) is 5.38. The summed E-state index contributed by atoms with van der Waals surface area (Å²) in [6, 6.07) is 3.39. The van der Waals surface area contributed by atoms with Crippen LogP contribution in [0.5, 0.6) is 0 Å². The number of pyridine rings is 1. The number of nitrogens with one attached hydrogen (secondary N) is 1. The van der Waals surface area contributed by atoms with Crippen molar-refractivity contribution in [1.29, 1.82) is 0 Å². The Balaban J connectivity index is 1.77. The number of carbonyl (C=O) groups excluding carboxylic acids is 1. The standard InChI is InChI=1S/C13H12BrN3OS/c14-11-7-8(5-6-15-11)12(18)17-13-16-9-3-1-2-4-10(9)19-13/h5-7H,1-4H2,(H,16,17,18). The van der Waals surface area contributed by atoms with Gasteiger partial charge in [0.2, 0.25) is 0 Å². The molecular weight excluding hydrogens is 326 g/mol. The Morgan fingerprint density at radius 2 is 2.21 bits per heavy atom. The number of hydrogen-bond donors (Lipinski definition) is 1. The molecule has 98 valence electrons. The van der Waals surface area contributed by atoms with Crippen molar-refractivity contribution in [3.63, 3.8) is 0 Å². The van der Waals surface area contributed by atoms with Crippen LogP contribution in [0.15, 0.2) is 22.9 Å². The summed E-state index contributed by atoms with van der Waals surface area (Å²) in [6.45, 7) is 0. The molecule has 6 heteroatoms. The van der Waals surface area contributed by atoms with Crippen molar-refractivity contribution in [3.05, 3.63) is 39.1 Å². The van der Waals surface area contributed by atoms with E-state index in [9.17, 15) is 4.79 Å². The maximum absolute atomic E-state index is 12.1. The fourth-order valence-corrected chi connectivity index (χ4v) is 3.53. The number of nitrogens with zero attached hydrogens (tertiary/aromatic N) is 2. The first-order valence-electron chi connectivity index (χ1n) is 6.14. The zero-order valence-corrected chi connectivity index (χ0v) is 12.6. The zero-order chi connectivity index (χ0) is 13.2.